The lowest BCUT2D eigenvalue weighted by Gasteiger charge is -2.38. The molecule has 3 rings (SSSR count). The molecule has 8 nitrogen and oxygen atoms in total. The van der Waals surface area contributed by atoms with Crippen molar-refractivity contribution >= 4 is 35.3 Å². The predicted octanol–water partition coefficient (Wildman–Crippen LogP) is 4.58. The number of carbonyl (C=O) groups is 2. The summed E-state index contributed by atoms with van der Waals surface area (Å²) in [5.74, 6) is 0.191. The number of amides is 1. The molecule has 1 aliphatic rings. The number of pyridine rings is 1. The van der Waals surface area contributed by atoms with Gasteiger partial charge in [0.2, 0.25) is 0 Å². The number of allylic oxidation sites excluding steroid dienone is 1. The molecule has 1 aliphatic heterocycles. The van der Waals surface area contributed by atoms with Crippen molar-refractivity contribution in [2.75, 3.05) is 19.8 Å². The van der Waals surface area contributed by atoms with Crippen molar-refractivity contribution in [3.05, 3.63) is 70.7 Å². The van der Waals surface area contributed by atoms with Gasteiger partial charge in [0.15, 0.2) is 16.6 Å². The van der Waals surface area contributed by atoms with Crippen LogP contribution in [0.3, 0.4) is 0 Å². The van der Waals surface area contributed by atoms with Gasteiger partial charge in [-0.15, -0.1) is 0 Å². The van der Waals surface area contributed by atoms with Crippen molar-refractivity contribution in [2.45, 2.75) is 40.7 Å². The van der Waals surface area contributed by atoms with Gasteiger partial charge in [-0.3, -0.25) is 14.7 Å². The summed E-state index contributed by atoms with van der Waals surface area (Å²) in [5, 5.41) is 3.19. The number of nitrogens with zero attached hydrogens (tertiary/aromatic N) is 2. The van der Waals surface area contributed by atoms with Gasteiger partial charge in [0.05, 0.1) is 31.4 Å². The maximum atomic E-state index is 13.8. The van der Waals surface area contributed by atoms with Gasteiger partial charge in [0.1, 0.15) is 0 Å². The number of esters is 1. The number of aromatic nitrogens is 1. The number of ether oxygens (including phenoxy) is 3. The average Bonchev–Trinajstić information content (AvgIpc) is 2.85. The summed E-state index contributed by atoms with van der Waals surface area (Å²) in [6.07, 6.45) is 5.05. The highest BCUT2D eigenvalue weighted by Gasteiger charge is 2.40. The number of thiocarbonyl (C=S) groups is 1. The highest BCUT2D eigenvalue weighted by Crippen LogP contribution is 2.39. The minimum Gasteiger partial charge on any atom is -0.490 e. The first-order valence-corrected chi connectivity index (χ1v) is 12.2. The molecular weight excluding hydrogens is 478 g/mol. The lowest BCUT2D eigenvalue weighted by atomic mass is 9.92. The van der Waals surface area contributed by atoms with E-state index in [0.29, 0.717) is 47.1 Å². The Hall–Kier alpha value is -3.72. The van der Waals surface area contributed by atoms with Crippen molar-refractivity contribution in [3.63, 3.8) is 0 Å². The zero-order valence-corrected chi connectivity index (χ0v) is 22.0. The van der Waals surface area contributed by atoms with Crippen LogP contribution in [0.4, 0.5) is 0 Å². The Bertz CT molecular complexity index is 1190. The van der Waals surface area contributed by atoms with Gasteiger partial charge >= 0.3 is 5.97 Å². The Balaban J connectivity index is 2.17. The smallest absolute Gasteiger partial charge is 0.338 e. The lowest BCUT2D eigenvalue weighted by molar-refractivity contribution is -0.139. The fourth-order valence-corrected chi connectivity index (χ4v) is 4.28. The maximum absolute atomic E-state index is 13.8. The van der Waals surface area contributed by atoms with E-state index in [1.165, 1.54) is 4.90 Å². The monoisotopic (exact) mass is 509 g/mol. The van der Waals surface area contributed by atoms with Gasteiger partial charge in [-0.1, -0.05) is 12.1 Å². The molecule has 36 heavy (non-hydrogen) atoms. The van der Waals surface area contributed by atoms with Gasteiger partial charge < -0.3 is 19.5 Å². The zero-order chi connectivity index (χ0) is 26.2. The van der Waals surface area contributed by atoms with Gasteiger partial charge in [0, 0.05) is 23.7 Å². The predicted molar refractivity (Wildman–Crippen MR) is 141 cm³/mol. The fourth-order valence-electron chi connectivity index (χ4n) is 3.94. The van der Waals surface area contributed by atoms with Gasteiger partial charge in [-0.2, -0.15) is 0 Å². The van der Waals surface area contributed by atoms with E-state index in [2.05, 4.69) is 10.3 Å². The summed E-state index contributed by atoms with van der Waals surface area (Å²) in [4.78, 5) is 32.4. The lowest BCUT2D eigenvalue weighted by Crippen LogP contribution is -2.51. The molecular formula is C27H31N3O5S. The van der Waals surface area contributed by atoms with Crippen LogP contribution in [-0.2, 0) is 14.3 Å². The summed E-state index contributed by atoms with van der Waals surface area (Å²) >= 11 is 5.61. The largest absolute Gasteiger partial charge is 0.490 e. The Labute approximate surface area is 216 Å². The quantitative estimate of drug-likeness (QED) is 0.299. The molecule has 1 aromatic heterocycles. The van der Waals surface area contributed by atoms with Crippen molar-refractivity contribution in [3.8, 4) is 11.5 Å². The number of rotatable bonds is 9. The Morgan fingerprint density at radius 1 is 1.11 bits per heavy atom. The molecule has 1 aromatic carbocycles. The molecule has 0 bridgehead atoms. The minimum atomic E-state index is -0.836. The molecule has 0 fully saturated rings. The standard InChI is InChI=1S/C27H31N3O5S/c1-6-33-21-12-11-20(15-22(21)34-7-2)24-23(26(32)35-8-3)18(5)29-27(36)30(24)25(31)17(4)14-19-10-9-13-28-16-19/h9-16,24H,6-8H2,1-5H3,(H,29,36)/b17-14+. The third-order valence-electron chi connectivity index (χ3n) is 5.45. The molecule has 190 valence electrons. The topological polar surface area (TPSA) is 90.0 Å². The first kappa shape index (κ1) is 26.9. The molecule has 0 saturated carbocycles. The van der Waals surface area contributed by atoms with E-state index in [9.17, 15) is 9.59 Å². The maximum Gasteiger partial charge on any atom is 0.338 e. The van der Waals surface area contributed by atoms with Crippen LogP contribution in [-0.4, -0.2) is 46.7 Å². The van der Waals surface area contributed by atoms with E-state index in [-0.39, 0.29) is 17.6 Å². The summed E-state index contributed by atoms with van der Waals surface area (Å²) in [7, 11) is 0. The normalized spacial score (nSPS) is 15.9. The van der Waals surface area contributed by atoms with Crippen LogP contribution >= 0.6 is 12.2 Å². The average molecular weight is 510 g/mol. The van der Waals surface area contributed by atoms with Gasteiger partial charge in [-0.25, -0.2) is 4.79 Å². The molecule has 0 spiro atoms. The molecule has 1 amide bonds. The summed E-state index contributed by atoms with van der Waals surface area (Å²) in [5.41, 5.74) is 2.65. The van der Waals surface area contributed by atoms with Gasteiger partial charge in [0.25, 0.3) is 5.91 Å². The Morgan fingerprint density at radius 2 is 1.83 bits per heavy atom. The molecule has 0 radical (unpaired) electrons. The van der Waals surface area contributed by atoms with Gasteiger partial charge in [-0.05, 0) is 82.2 Å². The van der Waals surface area contributed by atoms with Crippen molar-refractivity contribution in [1.82, 2.24) is 15.2 Å². The minimum absolute atomic E-state index is 0.182. The molecule has 2 heterocycles. The Kier molecular flexibility index (Phi) is 9.19. The van der Waals surface area contributed by atoms with Crippen LogP contribution in [0.15, 0.2) is 59.6 Å². The molecule has 0 aliphatic carbocycles. The van der Waals surface area contributed by atoms with E-state index in [0.717, 1.165) is 5.56 Å². The van der Waals surface area contributed by atoms with Crippen LogP contribution in [0, 0.1) is 0 Å². The van der Waals surface area contributed by atoms with Crippen LogP contribution in [0.25, 0.3) is 6.08 Å². The van der Waals surface area contributed by atoms with E-state index in [1.54, 1.807) is 63.5 Å². The fraction of sp³-hybridized carbons (Fsp3) is 0.333. The number of benzene rings is 1. The first-order valence-electron chi connectivity index (χ1n) is 11.8. The van der Waals surface area contributed by atoms with Crippen LogP contribution < -0.4 is 14.8 Å². The number of hydrogen-bond acceptors (Lipinski definition) is 7. The molecule has 9 heteroatoms. The van der Waals surface area contributed by atoms with Crippen LogP contribution in [0.1, 0.15) is 51.8 Å². The highest BCUT2D eigenvalue weighted by atomic mass is 32.1. The summed E-state index contributed by atoms with van der Waals surface area (Å²) in [6.45, 7) is 10.0. The Morgan fingerprint density at radius 3 is 2.47 bits per heavy atom. The zero-order valence-electron chi connectivity index (χ0n) is 21.2. The van der Waals surface area contributed by atoms with E-state index < -0.39 is 12.0 Å². The van der Waals surface area contributed by atoms with E-state index >= 15 is 0 Å². The van der Waals surface area contributed by atoms with Crippen molar-refractivity contribution < 1.29 is 23.8 Å². The highest BCUT2D eigenvalue weighted by molar-refractivity contribution is 7.80. The second-order valence-corrected chi connectivity index (χ2v) is 8.34. The van der Waals surface area contributed by atoms with Crippen molar-refractivity contribution in [1.29, 1.82) is 0 Å². The summed E-state index contributed by atoms with van der Waals surface area (Å²) < 4.78 is 16.9. The molecule has 1 N–H and O–H groups in total. The molecule has 1 atom stereocenters. The molecule has 0 saturated heterocycles. The molecule has 1 unspecified atom stereocenters. The summed E-state index contributed by atoms with van der Waals surface area (Å²) in [6, 6.07) is 8.16. The number of carbonyl (C=O) groups excluding carboxylic acids is 2. The second kappa shape index (κ2) is 12.3. The van der Waals surface area contributed by atoms with E-state index in [1.807, 2.05) is 19.9 Å². The second-order valence-electron chi connectivity index (χ2n) is 7.95. The molecule has 2 aromatic rings. The first-order chi connectivity index (χ1) is 17.3. The number of hydrogen-bond donors (Lipinski definition) is 1. The number of nitrogens with one attached hydrogen (secondary N) is 1. The van der Waals surface area contributed by atoms with Crippen LogP contribution in [0.2, 0.25) is 0 Å². The SMILES string of the molecule is CCOC(=O)C1=C(C)NC(=S)N(C(=O)/C(C)=C/c2cccnc2)C1c1ccc(OCC)c(OCC)c1. The third-order valence-corrected chi connectivity index (χ3v) is 5.75. The third kappa shape index (κ3) is 5.91. The van der Waals surface area contributed by atoms with Crippen molar-refractivity contribution in [2.24, 2.45) is 0 Å². The van der Waals surface area contributed by atoms with Crippen LogP contribution in [0.5, 0.6) is 11.5 Å². The van der Waals surface area contributed by atoms with E-state index in [4.69, 9.17) is 26.4 Å².